The first-order valence-electron chi connectivity index (χ1n) is 7.08. The van der Waals surface area contributed by atoms with Crippen molar-refractivity contribution in [3.8, 4) is 0 Å². The van der Waals surface area contributed by atoms with Gasteiger partial charge in [-0.1, -0.05) is 19.9 Å². The number of aryl methyl sites for hydroxylation is 1. The van der Waals surface area contributed by atoms with Crippen molar-refractivity contribution in [2.45, 2.75) is 39.7 Å². The molecule has 1 fully saturated rings. The molecule has 1 aliphatic heterocycles. The number of anilines is 1. The predicted molar refractivity (Wildman–Crippen MR) is 77.0 cm³/mol. The second kappa shape index (κ2) is 6.19. The first-order valence-corrected chi connectivity index (χ1v) is 7.08. The van der Waals surface area contributed by atoms with Crippen molar-refractivity contribution < 1.29 is 0 Å². The Labute approximate surface area is 111 Å². The second-order valence-electron chi connectivity index (χ2n) is 5.68. The fraction of sp³-hybridized carbons (Fsp3) is 0.667. The lowest BCUT2D eigenvalue weighted by Crippen LogP contribution is -2.39. The van der Waals surface area contributed by atoms with Crippen LogP contribution in [-0.4, -0.2) is 30.7 Å². The molecule has 0 spiro atoms. The van der Waals surface area contributed by atoms with Crippen LogP contribution in [0.15, 0.2) is 18.2 Å². The van der Waals surface area contributed by atoms with E-state index < -0.39 is 0 Å². The van der Waals surface area contributed by atoms with Gasteiger partial charge in [0, 0.05) is 24.8 Å². The minimum absolute atomic E-state index is 0.609. The van der Waals surface area contributed by atoms with Crippen LogP contribution in [0.25, 0.3) is 0 Å². The zero-order valence-corrected chi connectivity index (χ0v) is 11.8. The Bertz CT molecular complexity index is 376. The molecule has 2 heterocycles. The fourth-order valence-electron chi connectivity index (χ4n) is 2.58. The van der Waals surface area contributed by atoms with Crippen molar-refractivity contribution in [2.24, 2.45) is 5.92 Å². The summed E-state index contributed by atoms with van der Waals surface area (Å²) >= 11 is 0. The SMILES string of the molecule is Cc1cccc(N2CCCC2CNCC(C)C)n1. The van der Waals surface area contributed by atoms with Crippen molar-refractivity contribution >= 4 is 5.82 Å². The molecule has 0 saturated carbocycles. The molecule has 0 aromatic carbocycles. The van der Waals surface area contributed by atoms with Crippen molar-refractivity contribution in [3.63, 3.8) is 0 Å². The third-order valence-electron chi connectivity index (χ3n) is 3.48. The van der Waals surface area contributed by atoms with Gasteiger partial charge in [-0.25, -0.2) is 4.98 Å². The summed E-state index contributed by atoms with van der Waals surface area (Å²) in [5, 5.41) is 3.57. The first-order chi connectivity index (χ1) is 8.66. The van der Waals surface area contributed by atoms with Crippen LogP contribution in [0.4, 0.5) is 5.82 Å². The summed E-state index contributed by atoms with van der Waals surface area (Å²) in [4.78, 5) is 7.11. The van der Waals surface area contributed by atoms with Crippen molar-refractivity contribution in [3.05, 3.63) is 23.9 Å². The molecular formula is C15H25N3. The normalized spacial score (nSPS) is 19.8. The van der Waals surface area contributed by atoms with Gasteiger partial charge in [0.25, 0.3) is 0 Å². The smallest absolute Gasteiger partial charge is 0.129 e. The molecule has 0 radical (unpaired) electrons. The second-order valence-corrected chi connectivity index (χ2v) is 5.68. The molecule has 0 aliphatic carbocycles. The lowest BCUT2D eigenvalue weighted by molar-refractivity contribution is 0.511. The number of aromatic nitrogens is 1. The maximum absolute atomic E-state index is 4.65. The number of hydrogen-bond donors (Lipinski definition) is 1. The molecule has 1 aliphatic rings. The first kappa shape index (κ1) is 13.3. The highest BCUT2D eigenvalue weighted by molar-refractivity contribution is 5.41. The van der Waals surface area contributed by atoms with Crippen LogP contribution < -0.4 is 10.2 Å². The summed E-state index contributed by atoms with van der Waals surface area (Å²) in [6, 6.07) is 6.91. The highest BCUT2D eigenvalue weighted by Crippen LogP contribution is 2.23. The molecule has 1 unspecified atom stereocenters. The van der Waals surface area contributed by atoms with Gasteiger partial charge in [0.1, 0.15) is 5.82 Å². The summed E-state index contributed by atoms with van der Waals surface area (Å²) in [7, 11) is 0. The van der Waals surface area contributed by atoms with Gasteiger partial charge in [-0.3, -0.25) is 0 Å². The van der Waals surface area contributed by atoms with Crippen molar-refractivity contribution in [2.75, 3.05) is 24.5 Å². The van der Waals surface area contributed by atoms with E-state index in [4.69, 9.17) is 0 Å². The molecule has 1 aromatic rings. The average Bonchev–Trinajstić information content (AvgIpc) is 2.77. The third-order valence-corrected chi connectivity index (χ3v) is 3.48. The molecule has 3 heteroatoms. The van der Waals surface area contributed by atoms with Gasteiger partial charge in [0.2, 0.25) is 0 Å². The van der Waals surface area contributed by atoms with E-state index in [9.17, 15) is 0 Å². The Morgan fingerprint density at radius 3 is 3.00 bits per heavy atom. The van der Waals surface area contributed by atoms with Crippen LogP contribution in [0.1, 0.15) is 32.4 Å². The number of nitrogens with zero attached hydrogens (tertiary/aromatic N) is 2. The Hall–Kier alpha value is -1.09. The summed E-state index contributed by atoms with van der Waals surface area (Å²) in [6.45, 7) is 9.89. The summed E-state index contributed by atoms with van der Waals surface area (Å²) in [5.74, 6) is 1.86. The van der Waals surface area contributed by atoms with E-state index in [1.165, 1.54) is 12.8 Å². The monoisotopic (exact) mass is 247 g/mol. The van der Waals surface area contributed by atoms with E-state index in [-0.39, 0.29) is 0 Å². The molecule has 18 heavy (non-hydrogen) atoms. The van der Waals surface area contributed by atoms with Crippen molar-refractivity contribution in [1.82, 2.24) is 10.3 Å². The summed E-state index contributed by atoms with van der Waals surface area (Å²) < 4.78 is 0. The van der Waals surface area contributed by atoms with E-state index in [0.717, 1.165) is 37.1 Å². The molecular weight excluding hydrogens is 222 g/mol. The van der Waals surface area contributed by atoms with E-state index in [2.05, 4.69) is 54.2 Å². The minimum Gasteiger partial charge on any atom is -0.352 e. The number of hydrogen-bond acceptors (Lipinski definition) is 3. The van der Waals surface area contributed by atoms with Gasteiger partial charge in [-0.05, 0) is 44.4 Å². The lowest BCUT2D eigenvalue weighted by Gasteiger charge is -2.26. The highest BCUT2D eigenvalue weighted by Gasteiger charge is 2.25. The Morgan fingerprint density at radius 1 is 1.44 bits per heavy atom. The standard InChI is InChI=1S/C15H25N3/c1-12(2)10-16-11-14-7-5-9-18(14)15-8-4-6-13(3)17-15/h4,6,8,12,14,16H,5,7,9-11H2,1-3H3. The van der Waals surface area contributed by atoms with Crippen LogP contribution in [0.2, 0.25) is 0 Å². The van der Waals surface area contributed by atoms with Crippen LogP contribution in [-0.2, 0) is 0 Å². The molecule has 3 nitrogen and oxygen atoms in total. The largest absolute Gasteiger partial charge is 0.352 e. The summed E-state index contributed by atoms with van der Waals surface area (Å²) in [6.07, 6.45) is 2.56. The van der Waals surface area contributed by atoms with E-state index in [0.29, 0.717) is 6.04 Å². The van der Waals surface area contributed by atoms with Gasteiger partial charge in [0.05, 0.1) is 0 Å². The molecule has 100 valence electrons. The fourth-order valence-corrected chi connectivity index (χ4v) is 2.58. The number of rotatable bonds is 5. The predicted octanol–water partition coefficient (Wildman–Crippen LogP) is 2.60. The average molecular weight is 247 g/mol. The molecule has 0 bridgehead atoms. The van der Waals surface area contributed by atoms with Gasteiger partial charge in [0.15, 0.2) is 0 Å². The lowest BCUT2D eigenvalue weighted by atomic mass is 10.2. The van der Waals surface area contributed by atoms with Gasteiger partial charge in [-0.15, -0.1) is 0 Å². The Balaban J connectivity index is 1.95. The van der Waals surface area contributed by atoms with E-state index in [1.807, 2.05) is 0 Å². The van der Waals surface area contributed by atoms with Gasteiger partial charge >= 0.3 is 0 Å². The summed E-state index contributed by atoms with van der Waals surface area (Å²) in [5.41, 5.74) is 1.10. The zero-order valence-electron chi connectivity index (χ0n) is 11.8. The van der Waals surface area contributed by atoms with Crippen LogP contribution >= 0.6 is 0 Å². The highest BCUT2D eigenvalue weighted by atomic mass is 15.2. The maximum Gasteiger partial charge on any atom is 0.129 e. The molecule has 1 N–H and O–H groups in total. The molecule has 0 amide bonds. The van der Waals surface area contributed by atoms with E-state index in [1.54, 1.807) is 0 Å². The third kappa shape index (κ3) is 3.45. The van der Waals surface area contributed by atoms with Gasteiger partial charge in [-0.2, -0.15) is 0 Å². The van der Waals surface area contributed by atoms with Crippen molar-refractivity contribution in [1.29, 1.82) is 0 Å². The molecule has 1 saturated heterocycles. The van der Waals surface area contributed by atoms with Crippen LogP contribution in [0.5, 0.6) is 0 Å². The number of nitrogens with one attached hydrogen (secondary N) is 1. The Kier molecular flexibility index (Phi) is 4.59. The molecule has 2 rings (SSSR count). The minimum atomic E-state index is 0.609. The van der Waals surface area contributed by atoms with E-state index >= 15 is 0 Å². The topological polar surface area (TPSA) is 28.2 Å². The quantitative estimate of drug-likeness (QED) is 0.867. The van der Waals surface area contributed by atoms with Gasteiger partial charge < -0.3 is 10.2 Å². The zero-order chi connectivity index (χ0) is 13.0. The Morgan fingerprint density at radius 2 is 2.28 bits per heavy atom. The maximum atomic E-state index is 4.65. The van der Waals surface area contributed by atoms with Crippen LogP contribution in [0.3, 0.4) is 0 Å². The van der Waals surface area contributed by atoms with Crippen LogP contribution in [0, 0.1) is 12.8 Å². The molecule has 1 aromatic heterocycles. The molecule has 1 atom stereocenters. The number of pyridine rings is 1.